The molecular formula is C18H26N2O4S. The molecule has 0 aliphatic carbocycles. The van der Waals surface area contributed by atoms with Gasteiger partial charge >= 0.3 is 0 Å². The van der Waals surface area contributed by atoms with Gasteiger partial charge in [0.05, 0.1) is 19.5 Å². The zero-order valence-corrected chi connectivity index (χ0v) is 15.7. The van der Waals surface area contributed by atoms with Crippen molar-refractivity contribution >= 4 is 15.9 Å². The average Bonchev–Trinajstić information content (AvgIpc) is 2.78. The molecule has 0 N–H and O–H groups in total. The molecule has 6 nitrogen and oxygen atoms in total. The molecule has 0 aromatic heterocycles. The van der Waals surface area contributed by atoms with Crippen molar-refractivity contribution in [3.8, 4) is 0 Å². The lowest BCUT2D eigenvalue weighted by Crippen LogP contribution is -2.49. The van der Waals surface area contributed by atoms with Gasteiger partial charge in [-0.15, -0.1) is 0 Å². The molecule has 2 aliphatic heterocycles. The zero-order valence-electron chi connectivity index (χ0n) is 14.9. The van der Waals surface area contributed by atoms with E-state index in [2.05, 4.69) is 0 Å². The van der Waals surface area contributed by atoms with Gasteiger partial charge in [-0.3, -0.25) is 4.79 Å². The molecule has 1 aromatic carbocycles. The second-order valence-electron chi connectivity index (χ2n) is 7.26. The maximum atomic E-state index is 12.8. The molecular weight excluding hydrogens is 340 g/mol. The quantitative estimate of drug-likeness (QED) is 0.796. The second kappa shape index (κ2) is 7.05. The van der Waals surface area contributed by atoms with Gasteiger partial charge in [0.1, 0.15) is 0 Å². The first-order chi connectivity index (χ1) is 11.8. The Kier molecular flexibility index (Phi) is 5.18. The third-order valence-corrected chi connectivity index (χ3v) is 6.61. The summed E-state index contributed by atoms with van der Waals surface area (Å²) in [4.78, 5) is 14.6. The first kappa shape index (κ1) is 18.4. The zero-order chi connectivity index (χ0) is 18.1. The lowest BCUT2D eigenvalue weighted by Gasteiger charge is -2.42. The van der Waals surface area contributed by atoms with Crippen molar-refractivity contribution in [1.29, 1.82) is 0 Å². The van der Waals surface area contributed by atoms with Crippen LogP contribution in [0.15, 0.2) is 24.3 Å². The molecule has 25 heavy (non-hydrogen) atoms. The van der Waals surface area contributed by atoms with Crippen LogP contribution in [0.5, 0.6) is 0 Å². The Morgan fingerprint density at radius 1 is 1.16 bits per heavy atom. The number of piperidine rings is 1. The predicted octanol–water partition coefficient (Wildman–Crippen LogP) is 1.51. The molecule has 0 atom stereocenters. The molecule has 138 valence electrons. The van der Waals surface area contributed by atoms with Gasteiger partial charge in [0.15, 0.2) is 0 Å². The van der Waals surface area contributed by atoms with E-state index in [9.17, 15) is 13.2 Å². The number of benzene rings is 1. The van der Waals surface area contributed by atoms with Crippen LogP contribution < -0.4 is 0 Å². The van der Waals surface area contributed by atoms with Gasteiger partial charge in [-0.05, 0) is 31.4 Å². The minimum Gasteiger partial charge on any atom is -0.379 e. The van der Waals surface area contributed by atoms with E-state index in [0.29, 0.717) is 39.4 Å². The highest BCUT2D eigenvalue weighted by Crippen LogP contribution is 2.35. The third-order valence-electron chi connectivity index (χ3n) is 5.36. The minimum atomic E-state index is -3.23. The van der Waals surface area contributed by atoms with E-state index in [1.807, 2.05) is 36.1 Å². The Balaban J connectivity index is 1.70. The Labute approximate surface area is 149 Å². The molecule has 0 bridgehead atoms. The first-order valence-corrected chi connectivity index (χ1v) is 10.5. The first-order valence-electron chi connectivity index (χ1n) is 8.69. The van der Waals surface area contributed by atoms with Crippen molar-refractivity contribution in [3.05, 3.63) is 35.4 Å². The average molecular weight is 366 g/mol. The normalized spacial score (nSPS) is 21.9. The van der Waals surface area contributed by atoms with E-state index in [1.165, 1.54) is 10.6 Å². The molecule has 0 unspecified atom stereocenters. The lowest BCUT2D eigenvalue weighted by molar-refractivity contribution is 0.0179. The second-order valence-corrected chi connectivity index (χ2v) is 9.24. The minimum absolute atomic E-state index is 0.0578. The molecule has 2 aliphatic rings. The summed E-state index contributed by atoms with van der Waals surface area (Å²) in [7, 11) is -3.23. The summed E-state index contributed by atoms with van der Waals surface area (Å²) >= 11 is 0. The van der Waals surface area contributed by atoms with E-state index in [-0.39, 0.29) is 11.3 Å². The van der Waals surface area contributed by atoms with Crippen LogP contribution in [0, 0.1) is 12.3 Å². The number of sulfonamides is 1. The fourth-order valence-corrected chi connectivity index (χ4v) is 4.62. The molecule has 0 radical (unpaired) electrons. The number of amides is 1. The van der Waals surface area contributed by atoms with Crippen molar-refractivity contribution in [3.63, 3.8) is 0 Å². The van der Waals surface area contributed by atoms with Gasteiger partial charge in [0, 0.05) is 37.2 Å². The van der Waals surface area contributed by atoms with Gasteiger partial charge in [-0.2, -0.15) is 4.31 Å². The van der Waals surface area contributed by atoms with Gasteiger partial charge < -0.3 is 9.64 Å². The number of hydrogen-bond acceptors (Lipinski definition) is 4. The topological polar surface area (TPSA) is 66.9 Å². The standard InChI is InChI=1S/C18H26N2O4S/c1-15-5-3-4-6-16(15)17(21)19-9-7-18(8-10-19)13-20(25(2,22)23)11-12-24-14-18/h3-6H,7-14H2,1-2H3. The molecule has 1 amide bonds. The summed E-state index contributed by atoms with van der Waals surface area (Å²) in [5, 5.41) is 0. The van der Waals surface area contributed by atoms with E-state index in [0.717, 1.165) is 24.0 Å². The Morgan fingerprint density at radius 3 is 2.48 bits per heavy atom. The van der Waals surface area contributed by atoms with Crippen LogP contribution in [0.2, 0.25) is 0 Å². The fraction of sp³-hybridized carbons (Fsp3) is 0.611. The van der Waals surface area contributed by atoms with Gasteiger partial charge in [0.2, 0.25) is 10.0 Å². The fourth-order valence-electron chi connectivity index (χ4n) is 3.71. The largest absolute Gasteiger partial charge is 0.379 e. The summed E-state index contributed by atoms with van der Waals surface area (Å²) in [6.45, 7) is 5.10. The van der Waals surface area contributed by atoms with Crippen LogP contribution in [0.4, 0.5) is 0 Å². The summed E-state index contributed by atoms with van der Waals surface area (Å²) in [6.07, 6.45) is 2.77. The van der Waals surface area contributed by atoms with E-state index < -0.39 is 10.0 Å². The molecule has 0 saturated carbocycles. The SMILES string of the molecule is Cc1ccccc1C(=O)N1CCC2(CC1)COCCN(S(C)(=O)=O)C2. The smallest absolute Gasteiger partial charge is 0.254 e. The summed E-state index contributed by atoms with van der Waals surface area (Å²) in [5.74, 6) is 0.0578. The molecule has 2 fully saturated rings. The highest BCUT2D eigenvalue weighted by Gasteiger charge is 2.41. The summed E-state index contributed by atoms with van der Waals surface area (Å²) in [6, 6.07) is 7.62. The monoisotopic (exact) mass is 366 g/mol. The van der Waals surface area contributed by atoms with Crippen LogP contribution >= 0.6 is 0 Å². The maximum absolute atomic E-state index is 12.8. The Morgan fingerprint density at radius 2 is 1.84 bits per heavy atom. The number of aryl methyl sites for hydroxylation is 1. The van der Waals surface area contributed by atoms with Crippen molar-refractivity contribution in [2.24, 2.45) is 5.41 Å². The third kappa shape index (κ3) is 4.04. The van der Waals surface area contributed by atoms with Gasteiger partial charge in [0.25, 0.3) is 5.91 Å². The summed E-state index contributed by atoms with van der Waals surface area (Å²) in [5.41, 5.74) is 1.53. The predicted molar refractivity (Wildman–Crippen MR) is 96.0 cm³/mol. The molecule has 3 rings (SSSR count). The molecule has 2 saturated heterocycles. The van der Waals surface area contributed by atoms with E-state index >= 15 is 0 Å². The molecule has 1 spiro atoms. The van der Waals surface area contributed by atoms with Gasteiger partial charge in [-0.1, -0.05) is 18.2 Å². The molecule has 7 heteroatoms. The van der Waals surface area contributed by atoms with E-state index in [4.69, 9.17) is 4.74 Å². The Bertz CT molecular complexity index is 739. The number of nitrogens with zero attached hydrogens (tertiary/aromatic N) is 2. The lowest BCUT2D eigenvalue weighted by atomic mass is 9.79. The van der Waals surface area contributed by atoms with Crippen LogP contribution in [0.1, 0.15) is 28.8 Å². The van der Waals surface area contributed by atoms with Crippen LogP contribution in [0.3, 0.4) is 0 Å². The molecule has 1 aromatic rings. The molecule has 2 heterocycles. The highest BCUT2D eigenvalue weighted by atomic mass is 32.2. The number of rotatable bonds is 2. The van der Waals surface area contributed by atoms with Crippen molar-refractivity contribution in [1.82, 2.24) is 9.21 Å². The number of ether oxygens (including phenoxy) is 1. The number of likely N-dealkylation sites (tertiary alicyclic amines) is 1. The Hall–Kier alpha value is -1.44. The van der Waals surface area contributed by atoms with Gasteiger partial charge in [-0.25, -0.2) is 8.42 Å². The van der Waals surface area contributed by atoms with Crippen molar-refractivity contribution in [2.75, 3.05) is 45.6 Å². The number of carbonyl (C=O) groups is 1. The number of hydrogen-bond donors (Lipinski definition) is 0. The van der Waals surface area contributed by atoms with Crippen LogP contribution in [-0.2, 0) is 14.8 Å². The van der Waals surface area contributed by atoms with Crippen molar-refractivity contribution < 1.29 is 17.9 Å². The van der Waals surface area contributed by atoms with E-state index in [1.54, 1.807) is 0 Å². The van der Waals surface area contributed by atoms with Crippen LogP contribution in [0.25, 0.3) is 0 Å². The van der Waals surface area contributed by atoms with Crippen molar-refractivity contribution in [2.45, 2.75) is 19.8 Å². The summed E-state index contributed by atoms with van der Waals surface area (Å²) < 4.78 is 31.2. The maximum Gasteiger partial charge on any atom is 0.254 e. The highest BCUT2D eigenvalue weighted by molar-refractivity contribution is 7.88. The number of carbonyl (C=O) groups excluding carboxylic acids is 1. The van der Waals surface area contributed by atoms with Crippen LogP contribution in [-0.4, -0.2) is 69.2 Å².